The molecule has 9 heteroatoms. The number of hydrogen-bond donors (Lipinski definition) is 2. The van der Waals surface area contributed by atoms with Crippen LogP contribution in [0.25, 0.3) is 0 Å². The summed E-state index contributed by atoms with van der Waals surface area (Å²) in [5, 5.41) is 3.33. The minimum atomic E-state index is -0.580. The van der Waals surface area contributed by atoms with Crippen LogP contribution in [0.4, 0.5) is 15.8 Å². The maximum atomic E-state index is 13.6. The van der Waals surface area contributed by atoms with Gasteiger partial charge < -0.3 is 20.7 Å². The summed E-state index contributed by atoms with van der Waals surface area (Å²) in [5.41, 5.74) is 9.97. The van der Waals surface area contributed by atoms with Crippen molar-refractivity contribution >= 4 is 34.9 Å². The molecule has 1 fully saturated rings. The number of hydrogen-bond acceptors (Lipinski definition) is 7. The normalized spacial score (nSPS) is 19.4. The van der Waals surface area contributed by atoms with Crippen molar-refractivity contribution in [2.75, 3.05) is 36.5 Å². The number of nitrogens with two attached hydrogens (primary N) is 1. The average Bonchev–Trinajstić information content (AvgIpc) is 2.73. The molecule has 1 saturated heterocycles. The first-order chi connectivity index (χ1) is 14.4. The number of morpholine rings is 1. The lowest BCUT2D eigenvalue weighted by molar-refractivity contribution is 0.0671. The minimum Gasteiger partial charge on any atom is -0.378 e. The lowest BCUT2D eigenvalue weighted by Crippen LogP contribution is -2.57. The van der Waals surface area contributed by atoms with Crippen LogP contribution < -0.4 is 16.0 Å². The van der Waals surface area contributed by atoms with E-state index in [9.17, 15) is 4.39 Å². The number of nitrogens with one attached hydrogen (secondary N) is 1. The van der Waals surface area contributed by atoms with E-state index >= 15 is 0 Å². The molecule has 2 heterocycles. The fraction of sp³-hybridized carbons (Fsp3) is 0.333. The number of aliphatic imine (C=N–C) groups is 2. The molecule has 1 atom stereocenters. The summed E-state index contributed by atoms with van der Waals surface area (Å²) in [5.74, 6) is 0.387. The van der Waals surface area contributed by atoms with Crippen LogP contribution in [0.2, 0.25) is 5.02 Å². The monoisotopic (exact) mass is 430 g/mol. The Balaban J connectivity index is 1.74. The van der Waals surface area contributed by atoms with Gasteiger partial charge >= 0.3 is 0 Å². The molecule has 158 valence electrons. The quantitative estimate of drug-likeness (QED) is 0.781. The Morgan fingerprint density at radius 1 is 1.13 bits per heavy atom. The van der Waals surface area contributed by atoms with Gasteiger partial charge in [0, 0.05) is 24.5 Å². The van der Waals surface area contributed by atoms with Crippen molar-refractivity contribution in [1.29, 1.82) is 0 Å². The molecule has 30 heavy (non-hydrogen) atoms. The Labute approximate surface area is 180 Å². The van der Waals surface area contributed by atoms with Gasteiger partial charge in [-0.05, 0) is 55.3 Å². The van der Waals surface area contributed by atoms with Crippen LogP contribution in [0, 0.1) is 19.7 Å². The summed E-state index contributed by atoms with van der Waals surface area (Å²) in [4.78, 5) is 13.2. The highest BCUT2D eigenvalue weighted by molar-refractivity contribution is 6.31. The van der Waals surface area contributed by atoms with E-state index < -0.39 is 12.1 Å². The molecular formula is C21H24ClFN6O. The second-order valence-corrected chi connectivity index (χ2v) is 7.69. The second-order valence-electron chi connectivity index (χ2n) is 7.28. The smallest absolute Gasteiger partial charge is 0.222 e. The van der Waals surface area contributed by atoms with Gasteiger partial charge in [-0.25, -0.2) is 9.38 Å². The molecule has 2 aliphatic rings. The largest absolute Gasteiger partial charge is 0.378 e. The highest BCUT2D eigenvalue weighted by Gasteiger charge is 2.32. The fourth-order valence-electron chi connectivity index (χ4n) is 3.43. The van der Waals surface area contributed by atoms with Crippen LogP contribution in [0.1, 0.15) is 11.1 Å². The molecule has 7 nitrogen and oxygen atoms in total. The van der Waals surface area contributed by atoms with Crippen molar-refractivity contribution in [3.05, 3.63) is 58.4 Å². The molecular weight excluding hydrogens is 407 g/mol. The number of ether oxygens (including phenoxy) is 1. The van der Waals surface area contributed by atoms with Crippen molar-refractivity contribution in [2.45, 2.75) is 20.1 Å². The van der Waals surface area contributed by atoms with Crippen LogP contribution in [-0.2, 0) is 4.74 Å². The highest BCUT2D eigenvalue weighted by atomic mass is 35.5. The third kappa shape index (κ3) is 4.20. The molecule has 4 rings (SSSR count). The SMILES string of the molecule is Cc1ccc(N2C(N3CCOCC3)=NC(N)=NC2Nc2ccc(F)c(Cl)c2)cc1C. The van der Waals surface area contributed by atoms with Crippen LogP contribution in [0.3, 0.4) is 0 Å². The summed E-state index contributed by atoms with van der Waals surface area (Å²) in [6, 6.07) is 10.6. The van der Waals surface area contributed by atoms with Crippen LogP contribution >= 0.6 is 11.6 Å². The zero-order chi connectivity index (χ0) is 21.3. The molecule has 0 aliphatic carbocycles. The van der Waals surface area contributed by atoms with Crippen molar-refractivity contribution in [3.8, 4) is 0 Å². The molecule has 0 spiro atoms. The van der Waals surface area contributed by atoms with E-state index in [1.54, 1.807) is 6.07 Å². The number of guanidine groups is 2. The summed E-state index contributed by atoms with van der Waals surface area (Å²) in [7, 11) is 0. The average molecular weight is 431 g/mol. The number of halogens is 2. The molecule has 1 unspecified atom stereocenters. The van der Waals surface area contributed by atoms with Crippen molar-refractivity contribution < 1.29 is 9.13 Å². The second kappa shape index (κ2) is 8.49. The van der Waals surface area contributed by atoms with E-state index in [-0.39, 0.29) is 11.0 Å². The summed E-state index contributed by atoms with van der Waals surface area (Å²) in [6.07, 6.45) is -0.580. The molecule has 2 aromatic carbocycles. The summed E-state index contributed by atoms with van der Waals surface area (Å²) < 4.78 is 19.1. The fourth-order valence-corrected chi connectivity index (χ4v) is 3.61. The van der Waals surface area contributed by atoms with Gasteiger partial charge in [0.05, 0.1) is 18.2 Å². The van der Waals surface area contributed by atoms with Gasteiger partial charge in [-0.15, -0.1) is 0 Å². The molecule has 0 aromatic heterocycles. The van der Waals surface area contributed by atoms with Gasteiger partial charge in [-0.2, -0.15) is 4.99 Å². The van der Waals surface area contributed by atoms with E-state index in [1.807, 2.05) is 11.0 Å². The molecule has 2 aliphatic heterocycles. The van der Waals surface area contributed by atoms with Gasteiger partial charge in [0.15, 0.2) is 0 Å². The number of nitrogens with zero attached hydrogens (tertiary/aromatic N) is 4. The highest BCUT2D eigenvalue weighted by Crippen LogP contribution is 2.27. The number of anilines is 2. The maximum absolute atomic E-state index is 13.6. The topological polar surface area (TPSA) is 78.5 Å². The van der Waals surface area contributed by atoms with Gasteiger partial charge in [-0.3, -0.25) is 4.90 Å². The Kier molecular flexibility index (Phi) is 5.78. The summed E-state index contributed by atoms with van der Waals surface area (Å²) in [6.45, 7) is 6.75. The lowest BCUT2D eigenvalue weighted by atomic mass is 10.1. The van der Waals surface area contributed by atoms with Gasteiger partial charge in [-0.1, -0.05) is 17.7 Å². The van der Waals surface area contributed by atoms with Crippen LogP contribution in [-0.4, -0.2) is 49.4 Å². The molecule has 2 aromatic rings. The van der Waals surface area contributed by atoms with Crippen molar-refractivity contribution in [2.24, 2.45) is 15.7 Å². The molecule has 0 bridgehead atoms. The van der Waals surface area contributed by atoms with Crippen molar-refractivity contribution in [3.63, 3.8) is 0 Å². The van der Waals surface area contributed by atoms with E-state index in [0.717, 1.165) is 11.3 Å². The summed E-state index contributed by atoms with van der Waals surface area (Å²) >= 11 is 5.97. The van der Waals surface area contributed by atoms with E-state index in [4.69, 9.17) is 22.1 Å². The number of rotatable bonds is 3. The predicted molar refractivity (Wildman–Crippen MR) is 119 cm³/mol. The molecule has 3 N–H and O–H groups in total. The standard InChI is InChI=1S/C21H24ClFN6O/c1-13-3-5-16(11-14(13)2)29-20(25-15-4-6-18(23)17(22)12-15)26-19(24)27-21(29)28-7-9-30-10-8-28/h3-6,11-12,20,25H,7-10H2,1-2H3,(H2,24,26). The first-order valence-corrected chi connectivity index (χ1v) is 10.1. The first kappa shape index (κ1) is 20.4. The number of benzene rings is 2. The Hall–Kier alpha value is -2.84. The third-order valence-corrected chi connectivity index (χ3v) is 5.50. The van der Waals surface area contributed by atoms with E-state index in [0.29, 0.717) is 38.0 Å². The molecule has 0 amide bonds. The van der Waals surface area contributed by atoms with E-state index in [1.165, 1.54) is 17.7 Å². The Morgan fingerprint density at radius 3 is 2.60 bits per heavy atom. The number of aryl methyl sites for hydroxylation is 2. The predicted octanol–water partition coefficient (Wildman–Crippen LogP) is 3.31. The first-order valence-electron chi connectivity index (χ1n) is 9.75. The molecule has 0 saturated carbocycles. The van der Waals surface area contributed by atoms with E-state index in [2.05, 4.69) is 46.2 Å². The Bertz CT molecular complexity index is 1000. The maximum Gasteiger partial charge on any atom is 0.222 e. The zero-order valence-electron chi connectivity index (χ0n) is 16.9. The Morgan fingerprint density at radius 2 is 1.90 bits per heavy atom. The van der Waals surface area contributed by atoms with Crippen molar-refractivity contribution in [1.82, 2.24) is 4.90 Å². The van der Waals surface area contributed by atoms with Gasteiger partial charge in [0.25, 0.3) is 0 Å². The van der Waals surface area contributed by atoms with Gasteiger partial charge in [0.2, 0.25) is 18.2 Å². The lowest BCUT2D eigenvalue weighted by Gasteiger charge is -2.41. The van der Waals surface area contributed by atoms with Crippen LogP contribution in [0.5, 0.6) is 0 Å². The van der Waals surface area contributed by atoms with Gasteiger partial charge in [0.1, 0.15) is 5.82 Å². The minimum absolute atomic E-state index is 0.0348. The zero-order valence-corrected chi connectivity index (χ0v) is 17.7. The third-order valence-electron chi connectivity index (χ3n) is 5.21. The molecule has 0 radical (unpaired) electrons. The van der Waals surface area contributed by atoms with Crippen LogP contribution in [0.15, 0.2) is 46.4 Å².